The van der Waals surface area contributed by atoms with E-state index in [1.54, 1.807) is 18.3 Å². The molecule has 0 amide bonds. The number of aromatic nitrogens is 1. The molecular weight excluding hydrogens is 364 g/mol. The zero-order valence-electron chi connectivity index (χ0n) is 17.4. The summed E-state index contributed by atoms with van der Waals surface area (Å²) in [6.07, 6.45) is 5.43. The number of sulfonamides is 1. The third-order valence-corrected chi connectivity index (χ3v) is 10.6. The lowest BCUT2D eigenvalue weighted by molar-refractivity contribution is 0.490. The lowest BCUT2D eigenvalue weighted by atomic mass is 10.1. The normalized spacial score (nSPS) is 13.1. The van der Waals surface area contributed by atoms with E-state index in [2.05, 4.69) is 57.4 Å². The molecule has 0 aliphatic carbocycles. The van der Waals surface area contributed by atoms with Gasteiger partial charge in [0, 0.05) is 0 Å². The van der Waals surface area contributed by atoms with Crippen molar-refractivity contribution < 1.29 is 12.8 Å². The van der Waals surface area contributed by atoms with Gasteiger partial charge in [-0.3, -0.25) is 4.72 Å². The molecule has 0 atom stereocenters. The van der Waals surface area contributed by atoms with Crippen LogP contribution in [-0.2, 0) is 10.0 Å². The predicted octanol–water partition coefficient (Wildman–Crippen LogP) is 5.42. The molecule has 26 heavy (non-hydrogen) atoms. The van der Waals surface area contributed by atoms with Gasteiger partial charge in [-0.25, -0.2) is 13.4 Å². The van der Waals surface area contributed by atoms with E-state index >= 15 is 0 Å². The van der Waals surface area contributed by atoms with Gasteiger partial charge in [0.1, 0.15) is 11.6 Å². The second kappa shape index (κ2) is 9.22. The first-order valence-corrected chi connectivity index (χ1v) is 14.0. The minimum Gasteiger partial charge on any atom is -0.542 e. The molecule has 7 heteroatoms. The highest BCUT2D eigenvalue weighted by Crippen LogP contribution is 2.37. The van der Waals surface area contributed by atoms with Crippen LogP contribution in [-0.4, -0.2) is 27.5 Å². The first kappa shape index (κ1) is 23.0. The van der Waals surface area contributed by atoms with Crippen LogP contribution < -0.4 is 9.15 Å². The molecule has 0 radical (unpaired) electrons. The van der Waals surface area contributed by atoms with Gasteiger partial charge in [0.2, 0.25) is 10.0 Å². The smallest absolute Gasteiger partial charge is 0.250 e. The van der Waals surface area contributed by atoms with E-state index in [0.29, 0.717) is 23.9 Å². The van der Waals surface area contributed by atoms with Crippen molar-refractivity contribution in [1.29, 1.82) is 0 Å². The number of unbranched alkanes of at least 4 members (excludes halogenated alkanes) is 2. The lowest BCUT2D eigenvalue weighted by Crippen LogP contribution is -2.43. The van der Waals surface area contributed by atoms with E-state index in [4.69, 9.17) is 4.43 Å². The molecule has 0 aromatic carbocycles. The van der Waals surface area contributed by atoms with Crippen LogP contribution in [0.3, 0.4) is 0 Å². The summed E-state index contributed by atoms with van der Waals surface area (Å²) in [7, 11) is -5.27. The molecule has 0 fully saturated rings. The molecule has 1 aromatic heterocycles. The maximum atomic E-state index is 12.2. The fourth-order valence-corrected chi connectivity index (χ4v) is 4.32. The zero-order valence-corrected chi connectivity index (χ0v) is 19.2. The Morgan fingerprint density at radius 1 is 1.15 bits per heavy atom. The van der Waals surface area contributed by atoms with Crippen molar-refractivity contribution in [1.82, 2.24) is 4.98 Å². The Morgan fingerprint density at radius 2 is 1.81 bits per heavy atom. The summed E-state index contributed by atoms with van der Waals surface area (Å²) in [6, 6.07) is 3.45. The first-order valence-electron chi connectivity index (χ1n) is 9.48. The second-order valence-corrected chi connectivity index (χ2v) is 15.5. The van der Waals surface area contributed by atoms with Crippen LogP contribution in [0, 0.1) is 5.92 Å². The average Bonchev–Trinajstić information content (AvgIpc) is 2.46. The number of anilines is 1. The van der Waals surface area contributed by atoms with Gasteiger partial charge in [0.15, 0.2) is 0 Å². The van der Waals surface area contributed by atoms with E-state index < -0.39 is 18.3 Å². The van der Waals surface area contributed by atoms with Crippen LogP contribution >= 0.6 is 0 Å². The van der Waals surface area contributed by atoms with Gasteiger partial charge in [-0.05, 0) is 42.6 Å². The summed E-state index contributed by atoms with van der Waals surface area (Å²) in [5.41, 5.74) is 0. The van der Waals surface area contributed by atoms with E-state index in [1.807, 2.05) is 0 Å². The molecule has 0 spiro atoms. The van der Waals surface area contributed by atoms with E-state index in [0.717, 1.165) is 19.3 Å². The van der Waals surface area contributed by atoms with Crippen LogP contribution in [0.2, 0.25) is 18.1 Å². The van der Waals surface area contributed by atoms with Crippen LogP contribution in [0.15, 0.2) is 18.3 Å². The monoisotopic (exact) mass is 400 g/mol. The lowest BCUT2D eigenvalue weighted by Gasteiger charge is -2.36. The summed E-state index contributed by atoms with van der Waals surface area (Å²) in [4.78, 5) is 4.20. The molecule has 5 nitrogen and oxygen atoms in total. The predicted molar refractivity (Wildman–Crippen MR) is 113 cm³/mol. The van der Waals surface area contributed by atoms with Crippen LogP contribution in [0.25, 0.3) is 0 Å². The van der Waals surface area contributed by atoms with Gasteiger partial charge in [0.05, 0.1) is 11.9 Å². The largest absolute Gasteiger partial charge is 0.542 e. The highest BCUT2D eigenvalue weighted by Gasteiger charge is 2.39. The van der Waals surface area contributed by atoms with Crippen molar-refractivity contribution in [2.24, 2.45) is 5.92 Å². The molecule has 0 aliphatic heterocycles. The van der Waals surface area contributed by atoms with Crippen LogP contribution in [0.4, 0.5) is 5.82 Å². The number of nitrogens with zero attached hydrogens (tertiary/aromatic N) is 1. The Morgan fingerprint density at radius 3 is 2.31 bits per heavy atom. The summed E-state index contributed by atoms with van der Waals surface area (Å²) in [5.74, 6) is 1.83. The average molecular weight is 401 g/mol. The third-order valence-electron chi connectivity index (χ3n) is 4.87. The Kier molecular flexibility index (Phi) is 8.14. The minimum absolute atomic E-state index is 0.100. The Labute approximate surface area is 161 Å². The molecule has 1 N–H and O–H groups in total. The van der Waals surface area contributed by atoms with Crippen LogP contribution in [0.5, 0.6) is 5.75 Å². The highest BCUT2D eigenvalue weighted by atomic mass is 32.2. The third kappa shape index (κ3) is 8.08. The number of rotatable bonds is 10. The SMILES string of the molecule is CC(C)CCCCCS(=O)(=O)Nc1ccc(O[Si](C)(C)C(C)(C)C)cn1. The molecule has 0 unspecified atom stereocenters. The molecule has 1 heterocycles. The minimum atomic E-state index is -3.35. The first-order chi connectivity index (χ1) is 11.8. The molecule has 1 rings (SSSR count). The summed E-state index contributed by atoms with van der Waals surface area (Å²) >= 11 is 0. The van der Waals surface area contributed by atoms with Gasteiger partial charge in [0.25, 0.3) is 8.32 Å². The van der Waals surface area contributed by atoms with Crippen molar-refractivity contribution in [2.75, 3.05) is 10.5 Å². The van der Waals surface area contributed by atoms with Gasteiger partial charge < -0.3 is 4.43 Å². The van der Waals surface area contributed by atoms with Crippen molar-refractivity contribution in [3.8, 4) is 5.75 Å². The Bertz CT molecular complexity index is 650. The molecule has 1 aromatic rings. The molecule has 150 valence electrons. The van der Waals surface area contributed by atoms with Gasteiger partial charge in [-0.1, -0.05) is 53.9 Å². The fraction of sp³-hybridized carbons (Fsp3) is 0.737. The zero-order chi connectivity index (χ0) is 20.0. The highest BCUT2D eigenvalue weighted by molar-refractivity contribution is 7.92. The Hall–Kier alpha value is -1.08. The van der Waals surface area contributed by atoms with E-state index in [-0.39, 0.29) is 10.8 Å². The van der Waals surface area contributed by atoms with E-state index in [1.165, 1.54) is 0 Å². The van der Waals surface area contributed by atoms with Gasteiger partial charge in [-0.2, -0.15) is 0 Å². The van der Waals surface area contributed by atoms with Crippen molar-refractivity contribution in [3.05, 3.63) is 18.3 Å². The molecular formula is C19H36N2O3SSi. The number of pyridine rings is 1. The number of nitrogens with one attached hydrogen (secondary N) is 1. The number of hydrogen-bond acceptors (Lipinski definition) is 4. The molecule has 0 saturated carbocycles. The van der Waals surface area contributed by atoms with Gasteiger partial charge >= 0.3 is 0 Å². The maximum Gasteiger partial charge on any atom is 0.250 e. The summed E-state index contributed by atoms with van der Waals surface area (Å²) in [6.45, 7) is 15.2. The number of hydrogen-bond donors (Lipinski definition) is 1. The quantitative estimate of drug-likeness (QED) is 0.420. The summed E-state index contributed by atoms with van der Waals surface area (Å²) < 4.78 is 33.1. The molecule has 0 bridgehead atoms. The molecule has 0 aliphatic rings. The van der Waals surface area contributed by atoms with Crippen molar-refractivity contribution >= 4 is 24.2 Å². The standard InChI is InChI=1S/C19H36N2O3SSi/c1-16(2)11-9-8-10-14-25(22,23)21-18-13-12-17(15-20-18)24-26(6,7)19(3,4)5/h12-13,15-16H,8-11,14H2,1-7H3,(H,20,21). The van der Waals surface area contributed by atoms with Crippen molar-refractivity contribution in [2.45, 2.75) is 78.4 Å². The fourth-order valence-electron chi connectivity index (χ4n) is 2.18. The summed E-state index contributed by atoms with van der Waals surface area (Å²) in [5, 5.41) is 0.100. The van der Waals surface area contributed by atoms with Crippen molar-refractivity contribution in [3.63, 3.8) is 0 Å². The van der Waals surface area contributed by atoms with Gasteiger partial charge in [-0.15, -0.1) is 0 Å². The van der Waals surface area contributed by atoms with E-state index in [9.17, 15) is 8.42 Å². The van der Waals surface area contributed by atoms with Crippen LogP contribution in [0.1, 0.15) is 60.3 Å². The second-order valence-electron chi connectivity index (χ2n) is 8.91. The topological polar surface area (TPSA) is 68.3 Å². The maximum absolute atomic E-state index is 12.2. The molecule has 0 saturated heterocycles. The Balaban J connectivity index is 2.55.